The zero-order chi connectivity index (χ0) is 20.7. The minimum atomic E-state index is -0.388. The summed E-state index contributed by atoms with van der Waals surface area (Å²) in [6.45, 7) is 4.86. The molecular weight excluding hydrogens is 360 g/mol. The molecule has 2 aromatic rings. The van der Waals surface area contributed by atoms with E-state index in [1.54, 1.807) is 19.2 Å². The highest BCUT2D eigenvalue weighted by atomic mass is 16.6. The minimum Gasteiger partial charge on any atom is -0.304 e. The van der Waals surface area contributed by atoms with Crippen molar-refractivity contribution in [2.45, 2.75) is 32.6 Å². The Morgan fingerprint density at radius 2 is 1.61 bits per heavy atom. The maximum absolute atomic E-state index is 12.0. The third kappa shape index (κ3) is 5.63. The standard InChI is InChI=1S/C20H28N4O4/c1-4-23(13-5-7-16-9-11-17(12-10-16)24(27)28)14-6-8-18-15-19(25)22(3)20(26)21(18)2/h9-12,15H,4-8,13-14H2,1-3H3. The van der Waals surface area contributed by atoms with Crippen LogP contribution in [0.1, 0.15) is 31.0 Å². The van der Waals surface area contributed by atoms with Crippen molar-refractivity contribution >= 4 is 5.69 Å². The molecule has 0 atom stereocenters. The van der Waals surface area contributed by atoms with E-state index in [4.69, 9.17) is 0 Å². The van der Waals surface area contributed by atoms with Gasteiger partial charge in [-0.15, -0.1) is 0 Å². The molecule has 0 bridgehead atoms. The predicted molar refractivity (Wildman–Crippen MR) is 109 cm³/mol. The van der Waals surface area contributed by atoms with Crippen LogP contribution in [0.5, 0.6) is 0 Å². The van der Waals surface area contributed by atoms with Crippen molar-refractivity contribution in [3.05, 3.63) is 72.5 Å². The number of hydrogen-bond donors (Lipinski definition) is 0. The number of non-ortho nitro benzene ring substituents is 1. The quantitative estimate of drug-likeness (QED) is 0.458. The van der Waals surface area contributed by atoms with Crippen LogP contribution in [0.25, 0.3) is 0 Å². The van der Waals surface area contributed by atoms with Crippen LogP contribution in [-0.2, 0) is 26.9 Å². The van der Waals surface area contributed by atoms with Crippen LogP contribution in [-0.4, -0.2) is 38.6 Å². The fraction of sp³-hybridized carbons (Fsp3) is 0.500. The molecule has 8 heteroatoms. The third-order valence-corrected chi connectivity index (χ3v) is 5.07. The topological polar surface area (TPSA) is 90.4 Å². The molecule has 0 fully saturated rings. The lowest BCUT2D eigenvalue weighted by Crippen LogP contribution is -2.38. The first-order valence-electron chi connectivity index (χ1n) is 9.55. The molecule has 1 aromatic heterocycles. The maximum Gasteiger partial charge on any atom is 0.330 e. The number of nitro benzene ring substituents is 1. The van der Waals surface area contributed by atoms with Gasteiger partial charge in [-0.1, -0.05) is 19.1 Å². The van der Waals surface area contributed by atoms with E-state index < -0.39 is 0 Å². The first-order valence-corrected chi connectivity index (χ1v) is 9.55. The number of nitrogens with zero attached hydrogens (tertiary/aromatic N) is 4. The molecule has 0 aliphatic carbocycles. The second-order valence-electron chi connectivity index (χ2n) is 6.94. The molecule has 0 aliphatic heterocycles. The number of aryl methyl sites for hydroxylation is 2. The molecule has 0 N–H and O–H groups in total. The Hall–Kier alpha value is -2.74. The van der Waals surface area contributed by atoms with E-state index in [1.807, 2.05) is 12.1 Å². The molecule has 2 rings (SSSR count). The van der Waals surface area contributed by atoms with Gasteiger partial charge < -0.3 is 9.47 Å². The number of rotatable bonds is 10. The molecule has 8 nitrogen and oxygen atoms in total. The van der Waals surface area contributed by atoms with Gasteiger partial charge in [-0.3, -0.25) is 19.5 Å². The Balaban J connectivity index is 1.81. The van der Waals surface area contributed by atoms with Crippen LogP contribution < -0.4 is 11.2 Å². The van der Waals surface area contributed by atoms with Crippen LogP contribution in [0.2, 0.25) is 0 Å². The summed E-state index contributed by atoms with van der Waals surface area (Å²) in [7, 11) is 3.18. The summed E-state index contributed by atoms with van der Waals surface area (Å²) < 4.78 is 2.65. The van der Waals surface area contributed by atoms with Crippen molar-refractivity contribution in [1.82, 2.24) is 14.0 Å². The minimum absolute atomic E-state index is 0.115. The molecule has 0 unspecified atom stereocenters. The van der Waals surface area contributed by atoms with E-state index in [9.17, 15) is 19.7 Å². The Morgan fingerprint density at radius 3 is 2.18 bits per heavy atom. The van der Waals surface area contributed by atoms with Gasteiger partial charge in [0.1, 0.15) is 0 Å². The fourth-order valence-electron chi connectivity index (χ4n) is 3.22. The van der Waals surface area contributed by atoms with Crippen LogP contribution in [0.4, 0.5) is 5.69 Å². The first-order chi connectivity index (χ1) is 13.3. The van der Waals surface area contributed by atoms with E-state index in [2.05, 4.69) is 11.8 Å². The van der Waals surface area contributed by atoms with Crippen molar-refractivity contribution in [1.29, 1.82) is 0 Å². The van der Waals surface area contributed by atoms with Crippen molar-refractivity contribution in [3.8, 4) is 0 Å². The van der Waals surface area contributed by atoms with E-state index in [1.165, 1.54) is 17.7 Å². The second-order valence-corrected chi connectivity index (χ2v) is 6.94. The van der Waals surface area contributed by atoms with Gasteiger partial charge in [-0.05, 0) is 50.9 Å². The molecular formula is C20H28N4O4. The SMILES string of the molecule is CCN(CCCc1ccc([N+](=O)[O-])cc1)CCCc1cc(=O)n(C)c(=O)n1C. The monoisotopic (exact) mass is 388 g/mol. The van der Waals surface area contributed by atoms with E-state index >= 15 is 0 Å². The molecule has 28 heavy (non-hydrogen) atoms. The smallest absolute Gasteiger partial charge is 0.304 e. The summed E-state index contributed by atoms with van der Waals surface area (Å²) in [6.07, 6.45) is 3.39. The van der Waals surface area contributed by atoms with Gasteiger partial charge in [0.25, 0.3) is 11.2 Å². The van der Waals surface area contributed by atoms with Crippen molar-refractivity contribution < 1.29 is 4.92 Å². The molecule has 0 saturated heterocycles. The summed E-state index contributed by atoms with van der Waals surface area (Å²) >= 11 is 0. The molecule has 0 aliphatic rings. The zero-order valence-corrected chi connectivity index (χ0v) is 16.8. The molecule has 1 aromatic carbocycles. The highest BCUT2D eigenvalue weighted by Crippen LogP contribution is 2.13. The number of nitro groups is 1. The van der Waals surface area contributed by atoms with E-state index in [0.29, 0.717) is 6.42 Å². The normalized spacial score (nSPS) is 11.1. The van der Waals surface area contributed by atoms with Crippen LogP contribution in [0.15, 0.2) is 39.9 Å². The summed E-state index contributed by atoms with van der Waals surface area (Å²) in [6, 6.07) is 8.24. The van der Waals surface area contributed by atoms with Crippen LogP contribution in [0.3, 0.4) is 0 Å². The number of aromatic nitrogens is 2. The molecule has 0 saturated carbocycles. The van der Waals surface area contributed by atoms with Crippen LogP contribution >= 0.6 is 0 Å². The highest BCUT2D eigenvalue weighted by Gasteiger charge is 2.08. The van der Waals surface area contributed by atoms with Crippen molar-refractivity contribution in [2.24, 2.45) is 14.1 Å². The maximum atomic E-state index is 12.0. The largest absolute Gasteiger partial charge is 0.330 e. The number of benzene rings is 1. The lowest BCUT2D eigenvalue weighted by atomic mass is 10.1. The Bertz CT molecular complexity index is 915. The highest BCUT2D eigenvalue weighted by molar-refractivity contribution is 5.32. The summed E-state index contributed by atoms with van der Waals surface area (Å²) in [5.74, 6) is 0. The molecule has 0 spiro atoms. The fourth-order valence-corrected chi connectivity index (χ4v) is 3.22. The van der Waals surface area contributed by atoms with Crippen molar-refractivity contribution in [3.63, 3.8) is 0 Å². The average Bonchev–Trinajstić information content (AvgIpc) is 2.69. The number of hydrogen-bond acceptors (Lipinski definition) is 5. The van der Waals surface area contributed by atoms with E-state index in [0.717, 1.165) is 54.7 Å². The summed E-state index contributed by atoms with van der Waals surface area (Å²) in [5, 5.41) is 10.7. The lowest BCUT2D eigenvalue weighted by molar-refractivity contribution is -0.384. The van der Waals surface area contributed by atoms with Gasteiger partial charge in [-0.2, -0.15) is 0 Å². The van der Waals surface area contributed by atoms with Gasteiger partial charge in [0.05, 0.1) is 4.92 Å². The second kappa shape index (κ2) is 9.98. The molecule has 0 amide bonds. The Kier molecular flexibility index (Phi) is 7.69. The summed E-state index contributed by atoms with van der Waals surface area (Å²) in [4.78, 5) is 36.4. The van der Waals surface area contributed by atoms with E-state index in [-0.39, 0.29) is 21.9 Å². The molecule has 1 heterocycles. The first kappa shape index (κ1) is 21.6. The predicted octanol–water partition coefficient (Wildman–Crippen LogP) is 1.88. The van der Waals surface area contributed by atoms with Gasteiger partial charge >= 0.3 is 5.69 Å². The molecule has 0 radical (unpaired) electrons. The van der Waals surface area contributed by atoms with Crippen LogP contribution in [0, 0.1) is 10.1 Å². The van der Waals surface area contributed by atoms with Gasteiger partial charge in [0.2, 0.25) is 0 Å². The Labute approximate surface area is 164 Å². The Morgan fingerprint density at radius 1 is 1.00 bits per heavy atom. The third-order valence-electron chi connectivity index (χ3n) is 5.07. The van der Waals surface area contributed by atoms with Gasteiger partial charge in [-0.25, -0.2) is 4.79 Å². The molecule has 152 valence electrons. The van der Waals surface area contributed by atoms with Gasteiger partial charge in [0, 0.05) is 38.0 Å². The average molecular weight is 388 g/mol. The van der Waals surface area contributed by atoms with Crippen molar-refractivity contribution in [2.75, 3.05) is 19.6 Å². The zero-order valence-electron chi connectivity index (χ0n) is 16.8. The lowest BCUT2D eigenvalue weighted by Gasteiger charge is -2.20. The van der Waals surface area contributed by atoms with Gasteiger partial charge in [0.15, 0.2) is 0 Å². The summed E-state index contributed by atoms with van der Waals surface area (Å²) in [5.41, 5.74) is 1.40.